The van der Waals surface area contributed by atoms with Crippen LogP contribution in [0.15, 0.2) is 4.99 Å². The Labute approximate surface area is 113 Å². The third kappa shape index (κ3) is 2.80. The molecule has 3 atom stereocenters. The lowest BCUT2D eigenvalue weighted by Gasteiger charge is -2.53. The van der Waals surface area contributed by atoms with E-state index in [9.17, 15) is 9.59 Å². The maximum atomic E-state index is 12.0. The number of aliphatic imine (C=N–C) groups is 1. The maximum Gasteiger partial charge on any atom is 0.325 e. The Bertz CT molecular complexity index is 447. The first-order chi connectivity index (χ1) is 8.67. The molecule has 0 spiro atoms. The van der Waals surface area contributed by atoms with Crippen LogP contribution in [0.3, 0.4) is 0 Å². The number of carboxylic acid groups (broad SMARTS) is 1. The van der Waals surface area contributed by atoms with E-state index < -0.39 is 11.4 Å². The Morgan fingerprint density at radius 1 is 1.37 bits per heavy atom. The molecule has 1 N–H and O–H groups in total. The molecule has 1 heterocycles. The van der Waals surface area contributed by atoms with Crippen LogP contribution in [0.4, 0.5) is 0 Å². The van der Waals surface area contributed by atoms with Gasteiger partial charge in [0.2, 0.25) is 0 Å². The first-order valence-electron chi connectivity index (χ1n) is 6.57. The Morgan fingerprint density at radius 2 is 2.05 bits per heavy atom. The van der Waals surface area contributed by atoms with Gasteiger partial charge in [0.25, 0.3) is 0 Å². The Morgan fingerprint density at radius 3 is 2.68 bits per heavy atom. The van der Waals surface area contributed by atoms with E-state index in [-0.39, 0.29) is 23.3 Å². The highest BCUT2D eigenvalue weighted by Crippen LogP contribution is 2.56. The minimum atomic E-state index is -0.937. The van der Waals surface area contributed by atoms with Gasteiger partial charge in [0, 0.05) is 17.0 Å². The second-order valence-corrected chi connectivity index (χ2v) is 7.00. The molecular formula is C14H21NO4. The van der Waals surface area contributed by atoms with E-state index in [0.717, 1.165) is 12.8 Å². The van der Waals surface area contributed by atoms with Gasteiger partial charge in [-0.2, -0.15) is 0 Å². The number of carbonyl (C=O) groups excluding carboxylic acids is 1. The predicted molar refractivity (Wildman–Crippen MR) is 70.1 cm³/mol. The summed E-state index contributed by atoms with van der Waals surface area (Å²) in [5.74, 6) is -1.07. The van der Waals surface area contributed by atoms with E-state index in [0.29, 0.717) is 13.0 Å². The standard InChI is InChI=1S/C14H21NO4/c1-12(8-15-4-10(16)17)5-13(2)7-14(3,6-12)11(18)19-9-13/h8H,4-7,9H2,1-3H3,(H,16,17)/t12-,13+,14-/m0/s1. The van der Waals surface area contributed by atoms with Gasteiger partial charge in [0.1, 0.15) is 6.54 Å². The summed E-state index contributed by atoms with van der Waals surface area (Å²) in [6, 6.07) is 0. The maximum absolute atomic E-state index is 12.0. The van der Waals surface area contributed by atoms with Crippen molar-refractivity contribution in [2.75, 3.05) is 13.2 Å². The van der Waals surface area contributed by atoms with E-state index in [1.54, 1.807) is 6.21 Å². The fourth-order valence-electron chi connectivity index (χ4n) is 4.09. The highest BCUT2D eigenvalue weighted by atomic mass is 16.5. The van der Waals surface area contributed by atoms with Gasteiger partial charge in [-0.25, -0.2) is 0 Å². The SMILES string of the molecule is C[C@]1(C=NCC(=O)O)C[C@@]2(C)COC(=O)[C@@](C)(C1)C2. The van der Waals surface area contributed by atoms with Crippen molar-refractivity contribution in [2.45, 2.75) is 40.0 Å². The number of carboxylic acids is 1. The predicted octanol–water partition coefficient (Wildman–Crippen LogP) is 1.90. The highest BCUT2D eigenvalue weighted by molar-refractivity contribution is 5.80. The van der Waals surface area contributed by atoms with Crippen LogP contribution in [0, 0.1) is 16.2 Å². The van der Waals surface area contributed by atoms with Crippen molar-refractivity contribution in [1.82, 2.24) is 0 Å². The van der Waals surface area contributed by atoms with Crippen LogP contribution in [0.1, 0.15) is 40.0 Å². The number of carbonyl (C=O) groups is 2. The van der Waals surface area contributed by atoms with E-state index in [1.807, 2.05) is 13.8 Å². The van der Waals surface area contributed by atoms with E-state index >= 15 is 0 Å². The molecule has 1 aliphatic heterocycles. The van der Waals surface area contributed by atoms with Crippen LogP contribution in [0.25, 0.3) is 0 Å². The molecule has 0 radical (unpaired) electrons. The number of hydrogen-bond donors (Lipinski definition) is 1. The fraction of sp³-hybridized carbons (Fsp3) is 0.786. The fourth-order valence-corrected chi connectivity index (χ4v) is 4.09. The minimum absolute atomic E-state index is 0.0368. The summed E-state index contributed by atoms with van der Waals surface area (Å²) in [4.78, 5) is 26.5. The van der Waals surface area contributed by atoms with Crippen LogP contribution in [0.5, 0.6) is 0 Å². The van der Waals surface area contributed by atoms with Crippen LogP contribution in [0.2, 0.25) is 0 Å². The molecule has 19 heavy (non-hydrogen) atoms. The number of aliphatic carboxylic acids is 1. The molecule has 2 rings (SSSR count). The summed E-state index contributed by atoms with van der Waals surface area (Å²) < 4.78 is 5.31. The average Bonchev–Trinajstić information content (AvgIpc) is 2.21. The van der Waals surface area contributed by atoms with Gasteiger partial charge in [-0.15, -0.1) is 0 Å². The first-order valence-corrected chi connectivity index (χ1v) is 6.57. The quantitative estimate of drug-likeness (QED) is 0.626. The minimum Gasteiger partial charge on any atom is -0.480 e. The van der Waals surface area contributed by atoms with E-state index in [4.69, 9.17) is 9.84 Å². The van der Waals surface area contributed by atoms with Gasteiger partial charge < -0.3 is 9.84 Å². The zero-order valence-electron chi connectivity index (χ0n) is 11.7. The van der Waals surface area contributed by atoms with Gasteiger partial charge in [-0.1, -0.05) is 13.8 Å². The van der Waals surface area contributed by atoms with Crippen molar-refractivity contribution in [3.8, 4) is 0 Å². The van der Waals surface area contributed by atoms with Crippen molar-refractivity contribution < 1.29 is 19.4 Å². The number of ether oxygens (including phenoxy) is 1. The van der Waals surface area contributed by atoms with Crippen molar-refractivity contribution in [1.29, 1.82) is 0 Å². The van der Waals surface area contributed by atoms with Crippen LogP contribution in [-0.2, 0) is 14.3 Å². The number of rotatable bonds is 3. The van der Waals surface area contributed by atoms with E-state index in [1.165, 1.54) is 0 Å². The molecule has 1 saturated heterocycles. The normalized spacial score (nSPS) is 42.2. The lowest BCUT2D eigenvalue weighted by atomic mass is 9.54. The van der Waals surface area contributed by atoms with Gasteiger partial charge >= 0.3 is 11.9 Å². The van der Waals surface area contributed by atoms with Crippen LogP contribution in [-0.4, -0.2) is 36.4 Å². The second kappa shape index (κ2) is 4.32. The number of nitrogens with zero attached hydrogens (tertiary/aromatic N) is 1. The molecule has 5 nitrogen and oxygen atoms in total. The average molecular weight is 267 g/mol. The Balaban J connectivity index is 2.21. The summed E-state index contributed by atoms with van der Waals surface area (Å²) in [5.41, 5.74) is -0.753. The summed E-state index contributed by atoms with van der Waals surface area (Å²) in [5, 5.41) is 8.64. The van der Waals surface area contributed by atoms with Gasteiger partial charge in [0.15, 0.2) is 0 Å². The number of hydrogen-bond acceptors (Lipinski definition) is 4. The molecule has 0 unspecified atom stereocenters. The zero-order valence-corrected chi connectivity index (χ0v) is 11.7. The summed E-state index contributed by atoms with van der Waals surface area (Å²) in [6.45, 7) is 6.35. The van der Waals surface area contributed by atoms with Crippen molar-refractivity contribution >= 4 is 18.2 Å². The molecule has 2 fully saturated rings. The van der Waals surface area contributed by atoms with E-state index in [2.05, 4.69) is 11.9 Å². The monoisotopic (exact) mass is 267 g/mol. The van der Waals surface area contributed by atoms with Crippen molar-refractivity contribution in [3.05, 3.63) is 0 Å². The zero-order chi connectivity index (χ0) is 14.3. The lowest BCUT2D eigenvalue weighted by Crippen LogP contribution is -2.53. The lowest BCUT2D eigenvalue weighted by molar-refractivity contribution is -0.183. The third-order valence-electron chi connectivity index (χ3n) is 4.12. The number of fused-ring (bicyclic) bond motifs is 2. The molecule has 0 aromatic rings. The first kappa shape index (κ1) is 14.0. The van der Waals surface area contributed by atoms with Crippen LogP contribution >= 0.6 is 0 Å². The Hall–Kier alpha value is -1.39. The molecule has 5 heteroatoms. The van der Waals surface area contributed by atoms with Crippen LogP contribution < -0.4 is 0 Å². The molecule has 2 aliphatic rings. The third-order valence-corrected chi connectivity index (χ3v) is 4.12. The summed E-state index contributed by atoms with van der Waals surface area (Å²) in [6.07, 6.45) is 4.10. The molecular weight excluding hydrogens is 246 g/mol. The molecule has 1 saturated carbocycles. The van der Waals surface area contributed by atoms with Gasteiger partial charge in [-0.05, 0) is 26.2 Å². The molecule has 0 aromatic heterocycles. The molecule has 1 aliphatic carbocycles. The van der Waals surface area contributed by atoms with Crippen molar-refractivity contribution in [3.63, 3.8) is 0 Å². The largest absolute Gasteiger partial charge is 0.480 e. The Kier molecular flexibility index (Phi) is 3.19. The number of esters is 1. The van der Waals surface area contributed by atoms with Gasteiger partial charge in [0.05, 0.1) is 12.0 Å². The number of cyclic esters (lactones) is 1. The topological polar surface area (TPSA) is 76.0 Å². The smallest absolute Gasteiger partial charge is 0.325 e. The summed E-state index contributed by atoms with van der Waals surface area (Å²) >= 11 is 0. The summed E-state index contributed by atoms with van der Waals surface area (Å²) in [7, 11) is 0. The molecule has 106 valence electrons. The highest BCUT2D eigenvalue weighted by Gasteiger charge is 2.55. The second-order valence-electron chi connectivity index (χ2n) is 7.00. The van der Waals surface area contributed by atoms with Gasteiger partial charge in [-0.3, -0.25) is 14.6 Å². The van der Waals surface area contributed by atoms with Crippen molar-refractivity contribution in [2.24, 2.45) is 21.2 Å². The molecule has 0 amide bonds. The molecule has 0 aromatic carbocycles. The molecule has 2 bridgehead atoms.